The molecular weight excluding hydrogens is 256 g/mol. The van der Waals surface area contributed by atoms with Gasteiger partial charge in [-0.3, -0.25) is 4.79 Å². The van der Waals surface area contributed by atoms with Crippen molar-refractivity contribution >= 4 is 5.97 Å². The summed E-state index contributed by atoms with van der Waals surface area (Å²) in [6.45, 7) is 2.08. The second-order valence-corrected chi connectivity index (χ2v) is 5.19. The molecule has 3 rings (SSSR count). The zero-order valence-electron chi connectivity index (χ0n) is 11.3. The van der Waals surface area contributed by atoms with Crippen molar-refractivity contribution in [2.75, 3.05) is 0 Å². The van der Waals surface area contributed by atoms with Crippen LogP contribution in [0.15, 0.2) is 24.3 Å². The van der Waals surface area contributed by atoms with Gasteiger partial charge in [0.2, 0.25) is 0 Å². The van der Waals surface area contributed by atoms with Crippen molar-refractivity contribution in [1.29, 1.82) is 0 Å². The van der Waals surface area contributed by atoms with Crippen molar-refractivity contribution in [3.63, 3.8) is 0 Å². The normalized spacial score (nSPS) is 16.1. The average molecular weight is 272 g/mol. The molecule has 0 atom stereocenters. The molecule has 1 heterocycles. The summed E-state index contributed by atoms with van der Waals surface area (Å²) in [4.78, 5) is 11.3. The van der Waals surface area contributed by atoms with Gasteiger partial charge in [-0.25, -0.2) is 0 Å². The van der Waals surface area contributed by atoms with Gasteiger partial charge in [-0.05, 0) is 47.4 Å². The Labute approximate surface area is 116 Å². The van der Waals surface area contributed by atoms with E-state index in [1.807, 2.05) is 24.3 Å². The second-order valence-electron chi connectivity index (χ2n) is 5.19. The van der Waals surface area contributed by atoms with Gasteiger partial charge in [0.05, 0.1) is 11.1 Å². The van der Waals surface area contributed by atoms with Crippen LogP contribution in [0, 0.1) is 0 Å². The van der Waals surface area contributed by atoms with Gasteiger partial charge in [0.1, 0.15) is 0 Å². The Morgan fingerprint density at radius 2 is 2.05 bits per heavy atom. The predicted molar refractivity (Wildman–Crippen MR) is 71.7 cm³/mol. The Kier molecular flexibility index (Phi) is 3.00. The lowest BCUT2D eigenvalue weighted by molar-refractivity contribution is -0.140. The lowest BCUT2D eigenvalue weighted by Crippen LogP contribution is -2.19. The largest absolute Gasteiger partial charge is 0.481 e. The van der Waals surface area contributed by atoms with E-state index in [4.69, 9.17) is 0 Å². The first-order valence-electron chi connectivity index (χ1n) is 6.79. The van der Waals surface area contributed by atoms with Gasteiger partial charge in [0.15, 0.2) is 5.82 Å². The molecule has 1 aliphatic rings. The van der Waals surface area contributed by atoms with E-state index in [1.165, 1.54) is 0 Å². The number of nitrogens with zero attached hydrogens (tertiary/aromatic N) is 4. The van der Waals surface area contributed by atoms with Gasteiger partial charge in [-0.1, -0.05) is 19.1 Å². The maximum atomic E-state index is 11.3. The molecule has 0 bridgehead atoms. The summed E-state index contributed by atoms with van der Waals surface area (Å²) in [5, 5.41) is 21.0. The first-order chi connectivity index (χ1) is 9.67. The number of hydrogen-bond acceptors (Lipinski definition) is 4. The zero-order chi connectivity index (χ0) is 14.2. The number of tetrazole rings is 1. The Morgan fingerprint density at radius 1 is 1.35 bits per heavy atom. The van der Waals surface area contributed by atoms with E-state index < -0.39 is 11.4 Å². The Hall–Kier alpha value is -2.24. The molecule has 1 saturated carbocycles. The highest BCUT2D eigenvalue weighted by atomic mass is 16.4. The molecule has 6 nitrogen and oxygen atoms in total. The summed E-state index contributed by atoms with van der Waals surface area (Å²) in [6.07, 6.45) is 3.22. The summed E-state index contributed by atoms with van der Waals surface area (Å²) in [5.41, 5.74) is 1.06. The molecule has 1 aromatic carbocycles. The fourth-order valence-electron chi connectivity index (χ4n) is 2.46. The molecule has 1 aliphatic carbocycles. The van der Waals surface area contributed by atoms with Crippen molar-refractivity contribution in [2.24, 2.45) is 0 Å². The molecule has 2 aromatic rings. The second kappa shape index (κ2) is 4.70. The fraction of sp³-hybridized carbons (Fsp3) is 0.429. The van der Waals surface area contributed by atoms with Crippen LogP contribution in [0.2, 0.25) is 0 Å². The van der Waals surface area contributed by atoms with Crippen molar-refractivity contribution in [3.8, 4) is 5.69 Å². The molecule has 20 heavy (non-hydrogen) atoms. The summed E-state index contributed by atoms with van der Waals surface area (Å²) in [7, 11) is 0. The molecule has 0 spiro atoms. The average Bonchev–Trinajstić information content (AvgIpc) is 3.15. The van der Waals surface area contributed by atoms with Crippen LogP contribution in [0.3, 0.4) is 0 Å². The van der Waals surface area contributed by atoms with Crippen LogP contribution in [0.1, 0.15) is 37.6 Å². The van der Waals surface area contributed by atoms with E-state index >= 15 is 0 Å². The zero-order valence-corrected chi connectivity index (χ0v) is 11.3. The van der Waals surface area contributed by atoms with E-state index in [-0.39, 0.29) is 0 Å². The summed E-state index contributed by atoms with van der Waals surface area (Å²) >= 11 is 0. The molecule has 1 aromatic heterocycles. The maximum absolute atomic E-state index is 11.3. The highest BCUT2D eigenvalue weighted by Gasteiger charge is 2.51. The number of carboxylic acid groups (broad SMARTS) is 1. The van der Waals surface area contributed by atoms with Gasteiger partial charge in [-0.15, -0.1) is 5.10 Å². The van der Waals surface area contributed by atoms with Crippen LogP contribution in [-0.2, 0) is 16.6 Å². The SMILES string of the molecule is CCCc1nnnn1-c1ccc(C2(C(=O)O)CC2)cc1. The number of carbonyl (C=O) groups is 1. The first kappa shape index (κ1) is 12.8. The molecule has 0 unspecified atom stereocenters. The molecule has 0 radical (unpaired) electrons. The molecule has 1 fully saturated rings. The van der Waals surface area contributed by atoms with Crippen LogP contribution >= 0.6 is 0 Å². The number of rotatable bonds is 5. The van der Waals surface area contributed by atoms with E-state index in [0.717, 1.165) is 29.9 Å². The maximum Gasteiger partial charge on any atom is 0.314 e. The molecule has 1 N–H and O–H groups in total. The third kappa shape index (κ3) is 1.97. The van der Waals surface area contributed by atoms with Crippen LogP contribution < -0.4 is 0 Å². The highest BCUT2D eigenvalue weighted by Crippen LogP contribution is 2.48. The smallest absolute Gasteiger partial charge is 0.314 e. The quantitative estimate of drug-likeness (QED) is 0.896. The predicted octanol–water partition coefficient (Wildman–Crippen LogP) is 1.73. The number of aryl methyl sites for hydroxylation is 1. The number of carboxylic acids is 1. The van der Waals surface area contributed by atoms with Crippen LogP contribution in [-0.4, -0.2) is 31.3 Å². The topological polar surface area (TPSA) is 80.9 Å². The van der Waals surface area contributed by atoms with Crippen molar-refractivity contribution in [3.05, 3.63) is 35.7 Å². The minimum atomic E-state index is -0.737. The fourth-order valence-corrected chi connectivity index (χ4v) is 2.46. The van der Waals surface area contributed by atoms with Crippen molar-refractivity contribution < 1.29 is 9.90 Å². The molecule has 104 valence electrons. The summed E-state index contributed by atoms with van der Waals surface area (Å²) in [5.74, 6) is 0.0824. The van der Waals surface area contributed by atoms with Gasteiger partial charge in [0, 0.05) is 6.42 Å². The molecule has 0 amide bonds. The van der Waals surface area contributed by atoms with Crippen LogP contribution in [0.5, 0.6) is 0 Å². The first-order valence-corrected chi connectivity index (χ1v) is 6.79. The number of aliphatic carboxylic acids is 1. The van der Waals surface area contributed by atoms with Crippen LogP contribution in [0.4, 0.5) is 0 Å². The summed E-state index contributed by atoms with van der Waals surface area (Å²) < 4.78 is 1.70. The lowest BCUT2D eigenvalue weighted by Gasteiger charge is -2.11. The number of aromatic nitrogens is 4. The van der Waals surface area contributed by atoms with E-state index in [2.05, 4.69) is 22.4 Å². The Bertz CT molecular complexity index is 629. The van der Waals surface area contributed by atoms with E-state index in [9.17, 15) is 9.90 Å². The highest BCUT2D eigenvalue weighted by molar-refractivity contribution is 5.84. The minimum Gasteiger partial charge on any atom is -0.481 e. The standard InChI is InChI=1S/C14H16N4O2/c1-2-3-12-15-16-17-18(12)11-6-4-10(5-7-11)14(8-9-14)13(19)20/h4-7H,2-3,8-9H2,1H3,(H,19,20). The third-order valence-corrected chi connectivity index (χ3v) is 3.83. The minimum absolute atomic E-state index is 0.661. The van der Waals surface area contributed by atoms with E-state index in [1.54, 1.807) is 4.68 Å². The number of benzene rings is 1. The van der Waals surface area contributed by atoms with Crippen molar-refractivity contribution in [1.82, 2.24) is 20.2 Å². The van der Waals surface area contributed by atoms with Gasteiger partial charge < -0.3 is 5.11 Å². The van der Waals surface area contributed by atoms with Gasteiger partial charge >= 0.3 is 5.97 Å². The molecular formula is C14H16N4O2. The van der Waals surface area contributed by atoms with Gasteiger partial charge in [-0.2, -0.15) is 4.68 Å². The van der Waals surface area contributed by atoms with E-state index in [0.29, 0.717) is 12.8 Å². The third-order valence-electron chi connectivity index (χ3n) is 3.83. The molecule has 0 aliphatic heterocycles. The van der Waals surface area contributed by atoms with Crippen molar-refractivity contribution in [2.45, 2.75) is 38.0 Å². The Balaban J connectivity index is 1.90. The van der Waals surface area contributed by atoms with Gasteiger partial charge in [0.25, 0.3) is 0 Å². The van der Waals surface area contributed by atoms with Crippen LogP contribution in [0.25, 0.3) is 5.69 Å². The summed E-state index contributed by atoms with van der Waals surface area (Å²) in [6, 6.07) is 7.50. The lowest BCUT2D eigenvalue weighted by atomic mass is 9.96. The monoisotopic (exact) mass is 272 g/mol. The number of hydrogen-bond donors (Lipinski definition) is 1. The molecule has 6 heteroatoms. The Morgan fingerprint density at radius 3 is 2.60 bits per heavy atom. The molecule has 0 saturated heterocycles.